The molecule has 0 amide bonds. The van der Waals surface area contributed by atoms with Gasteiger partial charge in [-0.2, -0.15) is 0 Å². The van der Waals surface area contributed by atoms with E-state index in [1.54, 1.807) is 0 Å². The number of H-pyrrole nitrogens is 1. The van der Waals surface area contributed by atoms with Gasteiger partial charge in [0.05, 0.1) is 7.11 Å². The zero-order chi connectivity index (χ0) is 11.7. The van der Waals surface area contributed by atoms with Crippen molar-refractivity contribution < 1.29 is 13.9 Å². The molecule has 2 aromatic rings. The van der Waals surface area contributed by atoms with E-state index in [-0.39, 0.29) is 10.9 Å². The van der Waals surface area contributed by atoms with E-state index in [9.17, 15) is 14.0 Å². The summed E-state index contributed by atoms with van der Waals surface area (Å²) in [5.41, 5.74) is -0.774. The fourth-order valence-electron chi connectivity index (χ4n) is 1.51. The first-order valence-electron chi connectivity index (χ1n) is 4.52. The molecule has 0 radical (unpaired) electrons. The number of halogens is 1. The molecule has 0 fully saturated rings. The van der Waals surface area contributed by atoms with Crippen LogP contribution in [-0.2, 0) is 4.74 Å². The van der Waals surface area contributed by atoms with Crippen LogP contribution in [-0.4, -0.2) is 18.1 Å². The molecule has 0 unspecified atom stereocenters. The fraction of sp³-hybridized carbons (Fsp3) is 0.0909. The van der Waals surface area contributed by atoms with E-state index in [0.29, 0.717) is 5.39 Å². The van der Waals surface area contributed by atoms with E-state index in [2.05, 4.69) is 9.72 Å². The monoisotopic (exact) mass is 221 g/mol. The number of carbonyl (C=O) groups excluding carboxylic acids is 1. The number of carbonyl (C=O) groups is 1. The van der Waals surface area contributed by atoms with Gasteiger partial charge in [-0.3, -0.25) is 4.79 Å². The van der Waals surface area contributed by atoms with E-state index in [0.717, 1.165) is 6.07 Å². The number of fused-ring (bicyclic) bond motifs is 1. The number of benzene rings is 1. The number of ether oxygens (including phenoxy) is 1. The van der Waals surface area contributed by atoms with Crippen LogP contribution < -0.4 is 5.56 Å². The average molecular weight is 221 g/mol. The second kappa shape index (κ2) is 3.77. The van der Waals surface area contributed by atoms with Crippen LogP contribution in [0.2, 0.25) is 0 Å². The Labute approximate surface area is 89.7 Å². The zero-order valence-electron chi connectivity index (χ0n) is 8.41. The van der Waals surface area contributed by atoms with E-state index in [1.165, 1.54) is 25.4 Å². The Kier molecular flexibility index (Phi) is 2.44. The summed E-state index contributed by atoms with van der Waals surface area (Å²) in [4.78, 5) is 25.3. The molecule has 16 heavy (non-hydrogen) atoms. The first kappa shape index (κ1) is 10.4. The summed E-state index contributed by atoms with van der Waals surface area (Å²) < 4.78 is 17.5. The molecular formula is C11H8FNO3. The molecule has 0 aliphatic carbocycles. The predicted molar refractivity (Wildman–Crippen MR) is 55.9 cm³/mol. The molecule has 0 atom stereocenters. The van der Waals surface area contributed by atoms with Gasteiger partial charge in [-0.15, -0.1) is 0 Å². The first-order chi connectivity index (χ1) is 7.63. The molecule has 0 aliphatic rings. The summed E-state index contributed by atoms with van der Waals surface area (Å²) in [7, 11) is 1.17. The highest BCUT2D eigenvalue weighted by Gasteiger charge is 2.15. The van der Waals surface area contributed by atoms with Crippen molar-refractivity contribution >= 4 is 16.7 Å². The van der Waals surface area contributed by atoms with Gasteiger partial charge in [0.2, 0.25) is 0 Å². The van der Waals surface area contributed by atoms with Gasteiger partial charge in [0, 0.05) is 11.6 Å². The van der Waals surface area contributed by atoms with Crippen LogP contribution >= 0.6 is 0 Å². The van der Waals surface area contributed by atoms with Crippen LogP contribution in [0.5, 0.6) is 0 Å². The van der Waals surface area contributed by atoms with Crippen LogP contribution in [0.1, 0.15) is 10.4 Å². The highest BCUT2D eigenvalue weighted by atomic mass is 19.1. The van der Waals surface area contributed by atoms with Crippen LogP contribution in [0.25, 0.3) is 10.8 Å². The quantitative estimate of drug-likeness (QED) is 0.741. The number of nitrogens with one attached hydrogen (secondary N) is 1. The van der Waals surface area contributed by atoms with E-state index < -0.39 is 17.3 Å². The minimum atomic E-state index is -0.780. The molecule has 2 rings (SSSR count). The summed E-state index contributed by atoms with van der Waals surface area (Å²) in [6.45, 7) is 0. The molecule has 1 heterocycles. The molecule has 1 aromatic carbocycles. The molecule has 1 aromatic heterocycles. The standard InChI is InChI=1S/C11H8FNO3/c1-16-11(15)9-8-4-7(12)3-2-6(8)5-13-10(9)14/h2-5H,1H3,(H,13,14). The summed E-state index contributed by atoms with van der Waals surface area (Å²) >= 11 is 0. The number of pyridine rings is 1. The Morgan fingerprint density at radius 1 is 1.44 bits per heavy atom. The number of aromatic amines is 1. The van der Waals surface area contributed by atoms with Gasteiger partial charge in [-0.05, 0) is 23.6 Å². The second-order valence-corrected chi connectivity index (χ2v) is 3.22. The van der Waals surface area contributed by atoms with Gasteiger partial charge in [-0.1, -0.05) is 0 Å². The van der Waals surface area contributed by atoms with Crippen LogP contribution in [0.15, 0.2) is 29.2 Å². The van der Waals surface area contributed by atoms with E-state index in [4.69, 9.17) is 0 Å². The molecule has 0 bridgehead atoms. The second-order valence-electron chi connectivity index (χ2n) is 3.22. The SMILES string of the molecule is COC(=O)c1c(=O)[nH]cc2ccc(F)cc12. The summed E-state index contributed by atoms with van der Waals surface area (Å²) in [6, 6.07) is 3.87. The lowest BCUT2D eigenvalue weighted by molar-refractivity contribution is 0.0601. The maximum atomic E-state index is 13.1. The average Bonchev–Trinajstić information content (AvgIpc) is 2.28. The molecule has 0 spiro atoms. The van der Waals surface area contributed by atoms with Crippen molar-refractivity contribution in [1.82, 2.24) is 4.98 Å². The van der Waals surface area contributed by atoms with Crippen molar-refractivity contribution in [2.75, 3.05) is 7.11 Å². The van der Waals surface area contributed by atoms with Crippen molar-refractivity contribution in [2.24, 2.45) is 0 Å². The topological polar surface area (TPSA) is 59.2 Å². The van der Waals surface area contributed by atoms with Crippen molar-refractivity contribution in [3.8, 4) is 0 Å². The number of rotatable bonds is 1. The number of hydrogen-bond donors (Lipinski definition) is 1. The van der Waals surface area contributed by atoms with Crippen molar-refractivity contribution in [3.05, 3.63) is 46.1 Å². The lowest BCUT2D eigenvalue weighted by Crippen LogP contribution is -2.18. The Hall–Kier alpha value is -2.17. The van der Waals surface area contributed by atoms with Crippen molar-refractivity contribution in [1.29, 1.82) is 0 Å². The zero-order valence-corrected chi connectivity index (χ0v) is 8.41. The van der Waals surface area contributed by atoms with Crippen LogP contribution in [0, 0.1) is 5.82 Å². The third-order valence-corrected chi connectivity index (χ3v) is 2.26. The normalized spacial score (nSPS) is 10.4. The highest BCUT2D eigenvalue weighted by molar-refractivity contribution is 6.03. The molecule has 1 N–H and O–H groups in total. The maximum Gasteiger partial charge on any atom is 0.344 e. The molecule has 0 saturated heterocycles. The molecule has 0 saturated carbocycles. The number of esters is 1. The van der Waals surface area contributed by atoms with Gasteiger partial charge in [0.1, 0.15) is 11.4 Å². The summed E-state index contributed by atoms with van der Waals surface area (Å²) in [5, 5.41) is 0.817. The largest absolute Gasteiger partial charge is 0.465 e. The Morgan fingerprint density at radius 3 is 2.88 bits per heavy atom. The van der Waals surface area contributed by atoms with Gasteiger partial charge in [-0.25, -0.2) is 9.18 Å². The number of hydrogen-bond acceptors (Lipinski definition) is 3. The minimum Gasteiger partial charge on any atom is -0.465 e. The lowest BCUT2D eigenvalue weighted by Gasteiger charge is -2.03. The first-order valence-corrected chi connectivity index (χ1v) is 4.52. The van der Waals surface area contributed by atoms with Crippen molar-refractivity contribution in [2.45, 2.75) is 0 Å². The predicted octanol–water partition coefficient (Wildman–Crippen LogP) is 1.45. The smallest absolute Gasteiger partial charge is 0.344 e. The van der Waals surface area contributed by atoms with E-state index in [1.807, 2.05) is 0 Å². The third kappa shape index (κ3) is 1.56. The highest BCUT2D eigenvalue weighted by Crippen LogP contribution is 2.16. The number of methoxy groups -OCH3 is 1. The molecular weight excluding hydrogens is 213 g/mol. The molecule has 5 heteroatoms. The fourth-order valence-corrected chi connectivity index (χ4v) is 1.51. The number of aromatic nitrogens is 1. The van der Waals surface area contributed by atoms with Crippen LogP contribution in [0.3, 0.4) is 0 Å². The Balaban J connectivity index is 2.88. The van der Waals surface area contributed by atoms with Gasteiger partial charge in [0.15, 0.2) is 0 Å². The Morgan fingerprint density at radius 2 is 2.19 bits per heavy atom. The van der Waals surface area contributed by atoms with E-state index >= 15 is 0 Å². The van der Waals surface area contributed by atoms with Gasteiger partial charge < -0.3 is 9.72 Å². The van der Waals surface area contributed by atoms with Gasteiger partial charge in [0.25, 0.3) is 5.56 Å². The summed E-state index contributed by atoms with van der Waals surface area (Å²) in [6.07, 6.45) is 1.42. The van der Waals surface area contributed by atoms with Gasteiger partial charge >= 0.3 is 5.97 Å². The Bertz CT molecular complexity index is 618. The van der Waals surface area contributed by atoms with Crippen molar-refractivity contribution in [3.63, 3.8) is 0 Å². The van der Waals surface area contributed by atoms with Crippen LogP contribution in [0.4, 0.5) is 4.39 Å². The molecule has 0 aliphatic heterocycles. The lowest BCUT2D eigenvalue weighted by atomic mass is 10.1. The summed E-state index contributed by atoms with van der Waals surface area (Å²) in [5.74, 6) is -1.29. The minimum absolute atomic E-state index is 0.181. The maximum absolute atomic E-state index is 13.1. The third-order valence-electron chi connectivity index (χ3n) is 2.26. The molecule has 4 nitrogen and oxygen atoms in total. The molecule has 82 valence electrons.